The molecule has 0 aromatic rings. The van der Waals surface area contributed by atoms with Crippen LogP contribution >= 0.6 is 12.4 Å². The lowest BCUT2D eigenvalue weighted by atomic mass is 9.93. The number of hydrogen-bond acceptors (Lipinski definition) is 3. The van der Waals surface area contributed by atoms with Crippen molar-refractivity contribution < 1.29 is 9.53 Å². The SMILES string of the molecule is CC(C)CC(C)OCCC(=O)N(C)CC(C)(C)CN.Cl. The first kappa shape index (κ1) is 22.0. The molecular formula is C15H33ClN2O2. The van der Waals surface area contributed by atoms with E-state index in [-0.39, 0.29) is 29.8 Å². The standard InChI is InChI=1S/C15H32N2O2.ClH/c1-12(2)9-13(3)19-8-7-14(18)17(6)11-15(4,5)10-16;/h12-13H,7-11,16H2,1-6H3;1H. The molecule has 0 radical (unpaired) electrons. The molecule has 0 fully saturated rings. The first-order valence-electron chi connectivity index (χ1n) is 7.23. The van der Waals surface area contributed by atoms with E-state index in [0.717, 1.165) is 6.42 Å². The number of amides is 1. The second-order valence-corrected chi connectivity index (χ2v) is 6.68. The van der Waals surface area contributed by atoms with Gasteiger partial charge in [-0.3, -0.25) is 4.79 Å². The highest BCUT2D eigenvalue weighted by Gasteiger charge is 2.21. The van der Waals surface area contributed by atoms with Crippen LogP contribution in [-0.2, 0) is 9.53 Å². The van der Waals surface area contributed by atoms with Crippen LogP contribution in [0.5, 0.6) is 0 Å². The maximum absolute atomic E-state index is 11.9. The quantitative estimate of drug-likeness (QED) is 0.712. The van der Waals surface area contributed by atoms with Crippen molar-refractivity contribution in [2.75, 3.05) is 26.7 Å². The number of rotatable bonds is 9. The van der Waals surface area contributed by atoms with E-state index >= 15 is 0 Å². The zero-order valence-corrected chi connectivity index (χ0v) is 14.8. The van der Waals surface area contributed by atoms with Crippen LogP contribution in [0.25, 0.3) is 0 Å². The number of ether oxygens (including phenoxy) is 1. The number of nitrogens with two attached hydrogens (primary N) is 1. The van der Waals surface area contributed by atoms with Crippen LogP contribution in [-0.4, -0.2) is 43.7 Å². The summed E-state index contributed by atoms with van der Waals surface area (Å²) in [6.45, 7) is 12.3. The summed E-state index contributed by atoms with van der Waals surface area (Å²) in [6.07, 6.45) is 1.70. The lowest BCUT2D eigenvalue weighted by Gasteiger charge is -2.29. The van der Waals surface area contributed by atoms with E-state index in [0.29, 0.717) is 32.0 Å². The number of carbonyl (C=O) groups excluding carboxylic acids is 1. The molecule has 20 heavy (non-hydrogen) atoms. The molecule has 1 unspecified atom stereocenters. The third-order valence-electron chi connectivity index (χ3n) is 3.17. The molecule has 1 amide bonds. The fourth-order valence-corrected chi connectivity index (χ4v) is 2.06. The molecule has 0 spiro atoms. The van der Waals surface area contributed by atoms with Crippen LogP contribution in [0.1, 0.15) is 47.5 Å². The Morgan fingerprint density at radius 2 is 1.85 bits per heavy atom. The Labute approximate surface area is 130 Å². The van der Waals surface area contributed by atoms with Gasteiger partial charge in [0, 0.05) is 13.6 Å². The van der Waals surface area contributed by atoms with Gasteiger partial charge in [0.25, 0.3) is 0 Å². The molecule has 122 valence electrons. The highest BCUT2D eigenvalue weighted by atomic mass is 35.5. The van der Waals surface area contributed by atoms with Gasteiger partial charge in [-0.15, -0.1) is 12.4 Å². The first-order valence-corrected chi connectivity index (χ1v) is 7.23. The average molecular weight is 309 g/mol. The average Bonchev–Trinajstić information content (AvgIpc) is 2.27. The third kappa shape index (κ3) is 10.5. The van der Waals surface area contributed by atoms with Crippen LogP contribution < -0.4 is 5.73 Å². The Kier molecular flexibility index (Phi) is 11.4. The molecule has 0 aliphatic rings. The minimum Gasteiger partial charge on any atom is -0.378 e. The first-order chi connectivity index (χ1) is 8.68. The Morgan fingerprint density at radius 1 is 1.30 bits per heavy atom. The highest BCUT2D eigenvalue weighted by molar-refractivity contribution is 5.85. The molecule has 5 heteroatoms. The lowest BCUT2D eigenvalue weighted by molar-refractivity contribution is -0.132. The normalized spacial score (nSPS) is 13.0. The second-order valence-electron chi connectivity index (χ2n) is 6.68. The molecule has 2 N–H and O–H groups in total. The molecule has 4 nitrogen and oxygen atoms in total. The van der Waals surface area contributed by atoms with Crippen molar-refractivity contribution in [3.05, 3.63) is 0 Å². The summed E-state index contributed by atoms with van der Waals surface area (Å²) in [5.74, 6) is 0.747. The number of carbonyl (C=O) groups is 1. The minimum absolute atomic E-state index is 0. The predicted octanol–water partition coefficient (Wildman–Crippen LogP) is 2.69. The molecule has 0 aromatic heterocycles. The predicted molar refractivity (Wildman–Crippen MR) is 87.2 cm³/mol. The van der Waals surface area contributed by atoms with Crippen molar-refractivity contribution in [2.24, 2.45) is 17.1 Å². The van der Waals surface area contributed by atoms with Gasteiger partial charge in [0.15, 0.2) is 0 Å². The zero-order valence-electron chi connectivity index (χ0n) is 13.9. The summed E-state index contributed by atoms with van der Waals surface area (Å²) in [7, 11) is 1.83. The summed E-state index contributed by atoms with van der Waals surface area (Å²) in [6, 6.07) is 0. The van der Waals surface area contributed by atoms with E-state index in [1.807, 2.05) is 7.05 Å². The minimum atomic E-state index is -0.0315. The van der Waals surface area contributed by atoms with Crippen molar-refractivity contribution in [1.82, 2.24) is 4.90 Å². The largest absolute Gasteiger partial charge is 0.378 e. The summed E-state index contributed by atoms with van der Waals surface area (Å²) in [5.41, 5.74) is 5.65. The summed E-state index contributed by atoms with van der Waals surface area (Å²) in [5, 5.41) is 0. The summed E-state index contributed by atoms with van der Waals surface area (Å²) in [4.78, 5) is 13.7. The van der Waals surface area contributed by atoms with E-state index < -0.39 is 0 Å². The van der Waals surface area contributed by atoms with Crippen LogP contribution in [0.3, 0.4) is 0 Å². The number of hydrogen-bond donors (Lipinski definition) is 1. The zero-order chi connectivity index (χ0) is 15.1. The molecule has 0 aliphatic carbocycles. The van der Waals surface area contributed by atoms with Crippen molar-refractivity contribution in [1.29, 1.82) is 0 Å². The van der Waals surface area contributed by atoms with E-state index in [2.05, 4.69) is 34.6 Å². The molecule has 0 saturated carbocycles. The fourth-order valence-electron chi connectivity index (χ4n) is 2.06. The molecule has 0 saturated heterocycles. The van der Waals surface area contributed by atoms with E-state index in [1.54, 1.807) is 4.90 Å². The van der Waals surface area contributed by atoms with Crippen molar-refractivity contribution in [2.45, 2.75) is 53.6 Å². The Morgan fingerprint density at radius 3 is 2.30 bits per heavy atom. The van der Waals surface area contributed by atoms with Gasteiger partial charge in [-0.25, -0.2) is 0 Å². The number of halogens is 1. The van der Waals surface area contributed by atoms with Crippen molar-refractivity contribution >= 4 is 18.3 Å². The van der Waals surface area contributed by atoms with Gasteiger partial charge in [-0.1, -0.05) is 27.7 Å². The molecule has 0 aromatic carbocycles. The second kappa shape index (κ2) is 10.4. The van der Waals surface area contributed by atoms with Gasteiger partial charge in [0.2, 0.25) is 5.91 Å². The van der Waals surface area contributed by atoms with E-state index in [9.17, 15) is 4.79 Å². The molecule has 0 heterocycles. The molecule has 0 bridgehead atoms. The summed E-state index contributed by atoms with van der Waals surface area (Å²) < 4.78 is 5.66. The van der Waals surface area contributed by atoms with Gasteiger partial charge in [0.1, 0.15) is 0 Å². The summed E-state index contributed by atoms with van der Waals surface area (Å²) >= 11 is 0. The van der Waals surface area contributed by atoms with Gasteiger partial charge >= 0.3 is 0 Å². The Hall–Kier alpha value is -0.320. The molecule has 1 atom stereocenters. The van der Waals surface area contributed by atoms with Crippen molar-refractivity contribution in [3.63, 3.8) is 0 Å². The van der Waals surface area contributed by atoms with Gasteiger partial charge in [-0.05, 0) is 31.2 Å². The monoisotopic (exact) mass is 308 g/mol. The van der Waals surface area contributed by atoms with E-state index in [4.69, 9.17) is 10.5 Å². The fraction of sp³-hybridized carbons (Fsp3) is 0.933. The molecule has 0 aliphatic heterocycles. The Balaban J connectivity index is 0. The van der Waals surface area contributed by atoms with Crippen LogP contribution in [0.2, 0.25) is 0 Å². The van der Waals surface area contributed by atoms with Crippen LogP contribution in [0.4, 0.5) is 0 Å². The highest BCUT2D eigenvalue weighted by Crippen LogP contribution is 2.14. The Bertz CT molecular complexity index is 271. The lowest BCUT2D eigenvalue weighted by Crippen LogP contribution is -2.40. The van der Waals surface area contributed by atoms with Gasteiger partial charge < -0.3 is 15.4 Å². The van der Waals surface area contributed by atoms with E-state index in [1.165, 1.54) is 0 Å². The molecule has 0 rings (SSSR count). The van der Waals surface area contributed by atoms with Gasteiger partial charge in [0.05, 0.1) is 19.1 Å². The van der Waals surface area contributed by atoms with Crippen LogP contribution in [0, 0.1) is 11.3 Å². The van der Waals surface area contributed by atoms with Crippen molar-refractivity contribution in [3.8, 4) is 0 Å². The van der Waals surface area contributed by atoms with Crippen LogP contribution in [0.15, 0.2) is 0 Å². The van der Waals surface area contributed by atoms with Gasteiger partial charge in [-0.2, -0.15) is 0 Å². The maximum atomic E-state index is 11.9. The topological polar surface area (TPSA) is 55.6 Å². The smallest absolute Gasteiger partial charge is 0.224 e. The number of nitrogens with zero attached hydrogens (tertiary/aromatic N) is 1. The molecular weight excluding hydrogens is 276 g/mol. The maximum Gasteiger partial charge on any atom is 0.224 e. The third-order valence-corrected chi connectivity index (χ3v) is 3.17.